The Morgan fingerprint density at radius 2 is 2.22 bits per heavy atom. The molecule has 0 atom stereocenters. The summed E-state index contributed by atoms with van der Waals surface area (Å²) in [6.07, 6.45) is 6.23. The van der Waals surface area contributed by atoms with Gasteiger partial charge in [0.15, 0.2) is 0 Å². The van der Waals surface area contributed by atoms with Crippen molar-refractivity contribution in [2.45, 2.75) is 19.8 Å². The fraction of sp³-hybridized carbons (Fsp3) is 0.500. The molecule has 2 rings (SSSR count). The van der Waals surface area contributed by atoms with Crippen LogP contribution in [0, 0.1) is 6.92 Å². The van der Waals surface area contributed by atoms with E-state index < -0.39 is 0 Å². The summed E-state index contributed by atoms with van der Waals surface area (Å²) in [6.45, 7) is 6.50. The van der Waals surface area contributed by atoms with E-state index in [2.05, 4.69) is 28.9 Å². The molecule has 2 heterocycles. The summed E-state index contributed by atoms with van der Waals surface area (Å²) in [5.74, 6) is 0. The van der Waals surface area contributed by atoms with Gasteiger partial charge in [-0.1, -0.05) is 0 Å². The van der Waals surface area contributed by atoms with Crippen molar-refractivity contribution in [2.75, 3.05) is 26.2 Å². The lowest BCUT2D eigenvalue weighted by atomic mass is 10.2. The SMILES string of the molecule is Cc1ccc(/C(C=NCCN2CCCC2)=C/N)s1. The predicted molar refractivity (Wildman–Crippen MR) is 80.3 cm³/mol. The van der Waals surface area contributed by atoms with Crippen molar-refractivity contribution in [1.82, 2.24) is 4.90 Å². The van der Waals surface area contributed by atoms with Gasteiger partial charge in [-0.05, 0) is 45.0 Å². The fourth-order valence-electron chi connectivity index (χ4n) is 2.15. The van der Waals surface area contributed by atoms with Gasteiger partial charge >= 0.3 is 0 Å². The van der Waals surface area contributed by atoms with Crippen LogP contribution in [0.15, 0.2) is 23.3 Å². The average molecular weight is 263 g/mol. The van der Waals surface area contributed by atoms with Crippen molar-refractivity contribution >= 4 is 23.1 Å². The van der Waals surface area contributed by atoms with Gasteiger partial charge in [0.2, 0.25) is 0 Å². The van der Waals surface area contributed by atoms with Crippen LogP contribution in [-0.4, -0.2) is 37.3 Å². The lowest BCUT2D eigenvalue weighted by Gasteiger charge is -2.11. The normalized spacial score (nSPS) is 17.9. The zero-order valence-corrected chi connectivity index (χ0v) is 11.7. The Morgan fingerprint density at radius 1 is 1.44 bits per heavy atom. The van der Waals surface area contributed by atoms with Crippen LogP contribution in [0.1, 0.15) is 22.6 Å². The minimum absolute atomic E-state index is 0.863. The van der Waals surface area contributed by atoms with Crippen LogP contribution in [-0.2, 0) is 0 Å². The van der Waals surface area contributed by atoms with E-state index in [4.69, 9.17) is 5.73 Å². The minimum atomic E-state index is 0.863. The molecule has 0 amide bonds. The largest absolute Gasteiger partial charge is 0.404 e. The molecular weight excluding hydrogens is 242 g/mol. The minimum Gasteiger partial charge on any atom is -0.404 e. The van der Waals surface area contributed by atoms with Crippen molar-refractivity contribution < 1.29 is 0 Å². The van der Waals surface area contributed by atoms with E-state index in [0.717, 1.165) is 18.7 Å². The molecule has 1 aliphatic rings. The monoisotopic (exact) mass is 263 g/mol. The summed E-state index contributed by atoms with van der Waals surface area (Å²) in [4.78, 5) is 9.45. The third kappa shape index (κ3) is 3.68. The number of rotatable bonds is 5. The van der Waals surface area contributed by atoms with E-state index in [0.29, 0.717) is 0 Å². The molecule has 1 aromatic heterocycles. The Morgan fingerprint density at radius 3 is 2.83 bits per heavy atom. The second-order valence-corrected chi connectivity index (χ2v) is 5.90. The molecule has 18 heavy (non-hydrogen) atoms. The lowest BCUT2D eigenvalue weighted by Crippen LogP contribution is -2.22. The van der Waals surface area contributed by atoms with Crippen LogP contribution in [0.3, 0.4) is 0 Å². The highest BCUT2D eigenvalue weighted by atomic mass is 32.1. The number of nitrogens with two attached hydrogens (primary N) is 1. The molecule has 2 N–H and O–H groups in total. The maximum absolute atomic E-state index is 5.66. The molecule has 0 aliphatic carbocycles. The predicted octanol–water partition coefficient (Wildman–Crippen LogP) is 2.52. The van der Waals surface area contributed by atoms with Crippen LogP contribution in [0.25, 0.3) is 5.57 Å². The first-order valence-electron chi connectivity index (χ1n) is 6.50. The van der Waals surface area contributed by atoms with Crippen molar-refractivity contribution in [3.05, 3.63) is 28.1 Å². The van der Waals surface area contributed by atoms with E-state index in [1.165, 1.54) is 35.7 Å². The summed E-state index contributed by atoms with van der Waals surface area (Å²) in [6, 6.07) is 4.22. The molecule has 0 radical (unpaired) electrons. The lowest BCUT2D eigenvalue weighted by molar-refractivity contribution is 0.349. The highest BCUT2D eigenvalue weighted by Gasteiger charge is 2.09. The van der Waals surface area contributed by atoms with Gasteiger partial charge in [-0.2, -0.15) is 0 Å². The second kappa shape index (κ2) is 6.71. The molecule has 1 fully saturated rings. The van der Waals surface area contributed by atoms with Gasteiger partial charge in [0.05, 0.1) is 6.54 Å². The van der Waals surface area contributed by atoms with E-state index in [1.807, 2.05) is 6.21 Å². The molecule has 98 valence electrons. The van der Waals surface area contributed by atoms with Crippen LogP contribution in [0.2, 0.25) is 0 Å². The van der Waals surface area contributed by atoms with Crippen molar-refractivity contribution in [2.24, 2.45) is 10.7 Å². The highest BCUT2D eigenvalue weighted by molar-refractivity contribution is 7.13. The first-order valence-corrected chi connectivity index (χ1v) is 7.32. The van der Waals surface area contributed by atoms with Gasteiger partial charge in [0.25, 0.3) is 0 Å². The van der Waals surface area contributed by atoms with Crippen molar-refractivity contribution in [3.8, 4) is 0 Å². The molecule has 0 bridgehead atoms. The van der Waals surface area contributed by atoms with Gasteiger partial charge in [-0.25, -0.2) is 0 Å². The second-order valence-electron chi connectivity index (χ2n) is 4.62. The number of likely N-dealkylation sites (tertiary alicyclic amines) is 1. The summed E-state index contributed by atoms with van der Waals surface area (Å²) in [5.41, 5.74) is 6.68. The highest BCUT2D eigenvalue weighted by Crippen LogP contribution is 2.21. The molecular formula is C14H21N3S. The smallest absolute Gasteiger partial charge is 0.0517 e. The van der Waals surface area contributed by atoms with Gasteiger partial charge in [0, 0.05) is 34.3 Å². The Hall–Kier alpha value is -1.13. The van der Waals surface area contributed by atoms with Gasteiger partial charge < -0.3 is 10.6 Å². The number of aliphatic imine (C=N–C) groups is 1. The maximum atomic E-state index is 5.66. The van der Waals surface area contributed by atoms with E-state index in [1.54, 1.807) is 17.5 Å². The van der Waals surface area contributed by atoms with Crippen LogP contribution < -0.4 is 5.73 Å². The molecule has 0 saturated carbocycles. The van der Waals surface area contributed by atoms with Crippen LogP contribution in [0.5, 0.6) is 0 Å². The zero-order valence-electron chi connectivity index (χ0n) is 10.9. The molecule has 3 nitrogen and oxygen atoms in total. The first-order chi connectivity index (χ1) is 8.79. The molecule has 1 aromatic rings. The Bertz CT molecular complexity index is 428. The van der Waals surface area contributed by atoms with Crippen molar-refractivity contribution in [1.29, 1.82) is 0 Å². The fourth-order valence-corrected chi connectivity index (χ4v) is 3.00. The molecule has 1 saturated heterocycles. The van der Waals surface area contributed by atoms with Crippen LogP contribution in [0.4, 0.5) is 0 Å². The first kappa shape index (κ1) is 13.3. The van der Waals surface area contributed by atoms with Crippen LogP contribution >= 0.6 is 11.3 Å². The molecule has 0 unspecified atom stereocenters. The summed E-state index contributed by atoms with van der Waals surface area (Å²) in [5, 5.41) is 0. The molecule has 0 aromatic carbocycles. The topological polar surface area (TPSA) is 41.6 Å². The summed E-state index contributed by atoms with van der Waals surface area (Å²) >= 11 is 1.75. The standard InChI is InChI=1S/C14H21N3S/c1-12-4-5-14(18-12)13(10-15)11-16-6-9-17-7-2-3-8-17/h4-5,10-11H,2-3,6-9,15H2,1H3/b13-10+,16-11?. The molecule has 0 spiro atoms. The maximum Gasteiger partial charge on any atom is 0.0517 e. The molecule has 4 heteroatoms. The van der Waals surface area contributed by atoms with E-state index in [-0.39, 0.29) is 0 Å². The van der Waals surface area contributed by atoms with Gasteiger partial charge in [-0.3, -0.25) is 4.99 Å². The van der Waals surface area contributed by atoms with E-state index in [9.17, 15) is 0 Å². The quantitative estimate of drug-likeness (QED) is 0.829. The number of hydrogen-bond acceptors (Lipinski definition) is 4. The number of nitrogens with zero attached hydrogens (tertiary/aromatic N) is 2. The Labute approximate surface area is 113 Å². The zero-order chi connectivity index (χ0) is 12.8. The number of thiophene rings is 1. The number of aryl methyl sites for hydroxylation is 1. The Balaban J connectivity index is 1.83. The third-order valence-corrected chi connectivity index (χ3v) is 4.23. The van der Waals surface area contributed by atoms with Gasteiger partial charge in [0.1, 0.15) is 0 Å². The average Bonchev–Trinajstić information content (AvgIpc) is 3.01. The third-order valence-electron chi connectivity index (χ3n) is 3.18. The molecule has 1 aliphatic heterocycles. The van der Waals surface area contributed by atoms with E-state index >= 15 is 0 Å². The Kier molecular flexibility index (Phi) is 4.96. The van der Waals surface area contributed by atoms with Crippen molar-refractivity contribution in [3.63, 3.8) is 0 Å². The summed E-state index contributed by atoms with van der Waals surface area (Å²) in [7, 11) is 0. The summed E-state index contributed by atoms with van der Waals surface area (Å²) < 4.78 is 0. The number of hydrogen-bond donors (Lipinski definition) is 1. The van der Waals surface area contributed by atoms with Gasteiger partial charge in [-0.15, -0.1) is 11.3 Å². The number of allylic oxidation sites excluding steroid dienone is 1.